The van der Waals surface area contributed by atoms with Gasteiger partial charge in [0.25, 0.3) is 0 Å². The molecule has 1 saturated carbocycles. The van der Waals surface area contributed by atoms with Gasteiger partial charge < -0.3 is 10.1 Å². The molecule has 1 atom stereocenters. The molecule has 3 aromatic rings. The van der Waals surface area contributed by atoms with Gasteiger partial charge in [-0.3, -0.25) is 4.90 Å². The van der Waals surface area contributed by atoms with Crippen LogP contribution in [0.25, 0.3) is 5.82 Å². The van der Waals surface area contributed by atoms with Gasteiger partial charge in [-0.25, -0.2) is 14.5 Å². The largest absolute Gasteiger partial charge is 0.457 e. The number of carbonyl (C=O) groups excluding carboxylic acids is 1. The van der Waals surface area contributed by atoms with E-state index in [4.69, 9.17) is 9.84 Å². The first-order valence-electron chi connectivity index (χ1n) is 12.2. The summed E-state index contributed by atoms with van der Waals surface area (Å²) in [7, 11) is 0. The van der Waals surface area contributed by atoms with Crippen LogP contribution >= 0.6 is 0 Å². The first-order valence-corrected chi connectivity index (χ1v) is 12.2. The van der Waals surface area contributed by atoms with Gasteiger partial charge in [0.15, 0.2) is 5.82 Å². The van der Waals surface area contributed by atoms with E-state index in [0.29, 0.717) is 23.7 Å². The highest BCUT2D eigenvalue weighted by Gasteiger charge is 2.32. The van der Waals surface area contributed by atoms with Crippen molar-refractivity contribution in [1.82, 2.24) is 25.0 Å². The van der Waals surface area contributed by atoms with E-state index >= 15 is 0 Å². The molecule has 0 spiro atoms. The second-order valence-electron chi connectivity index (χ2n) is 9.85. The molecular formula is C27H28N6O2. The lowest BCUT2D eigenvalue weighted by atomic mass is 9.93. The lowest BCUT2D eigenvalue weighted by Gasteiger charge is -2.34. The fourth-order valence-corrected chi connectivity index (χ4v) is 5.30. The van der Waals surface area contributed by atoms with Crippen molar-refractivity contribution in [2.24, 2.45) is 0 Å². The van der Waals surface area contributed by atoms with Crippen LogP contribution in [0.2, 0.25) is 0 Å². The molecule has 8 heteroatoms. The summed E-state index contributed by atoms with van der Waals surface area (Å²) in [6.07, 6.45) is 6.11. The minimum Gasteiger partial charge on any atom is -0.457 e. The smallest absolute Gasteiger partial charge is 0.338 e. The molecule has 1 aliphatic carbocycles. The lowest BCUT2D eigenvalue weighted by Crippen LogP contribution is -2.45. The Labute approximate surface area is 204 Å². The van der Waals surface area contributed by atoms with E-state index < -0.39 is 0 Å². The van der Waals surface area contributed by atoms with Gasteiger partial charge in [-0.1, -0.05) is 6.07 Å². The summed E-state index contributed by atoms with van der Waals surface area (Å²) in [5.74, 6) is 1.06. The number of benzene rings is 1. The van der Waals surface area contributed by atoms with Crippen LogP contribution in [-0.2, 0) is 17.9 Å². The Morgan fingerprint density at radius 2 is 2.14 bits per heavy atom. The molecule has 2 aliphatic heterocycles. The van der Waals surface area contributed by atoms with Crippen LogP contribution in [0.15, 0.2) is 30.6 Å². The van der Waals surface area contributed by atoms with Crippen molar-refractivity contribution in [2.45, 2.75) is 51.8 Å². The number of hydrogen-bond acceptors (Lipinski definition) is 7. The van der Waals surface area contributed by atoms with Gasteiger partial charge >= 0.3 is 5.97 Å². The number of hydrogen-bond donors (Lipinski definition) is 1. The number of aromatic nitrogens is 3. The molecule has 0 bridgehead atoms. The predicted octanol–water partition coefficient (Wildman–Crippen LogP) is 3.45. The fourth-order valence-electron chi connectivity index (χ4n) is 5.30. The second kappa shape index (κ2) is 8.59. The van der Waals surface area contributed by atoms with Crippen molar-refractivity contribution in [2.75, 3.05) is 19.6 Å². The summed E-state index contributed by atoms with van der Waals surface area (Å²) < 4.78 is 7.12. The van der Waals surface area contributed by atoms with Crippen molar-refractivity contribution in [1.29, 1.82) is 5.26 Å². The molecule has 0 amide bonds. The number of carbonyl (C=O) groups is 1. The highest BCUT2D eigenvalue weighted by molar-refractivity contribution is 5.94. The van der Waals surface area contributed by atoms with Gasteiger partial charge in [0.2, 0.25) is 0 Å². The third-order valence-corrected chi connectivity index (χ3v) is 7.47. The molecule has 0 radical (unpaired) electrons. The van der Waals surface area contributed by atoms with E-state index in [-0.39, 0.29) is 12.0 Å². The zero-order chi connectivity index (χ0) is 24.1. The predicted molar refractivity (Wildman–Crippen MR) is 129 cm³/mol. The normalized spacial score (nSPS) is 19.9. The average Bonchev–Trinajstić information content (AvgIpc) is 3.51. The van der Waals surface area contributed by atoms with E-state index in [9.17, 15) is 10.1 Å². The number of nitrogens with zero attached hydrogens (tertiary/aromatic N) is 5. The first kappa shape index (κ1) is 22.0. The third-order valence-electron chi connectivity index (χ3n) is 7.47. The van der Waals surface area contributed by atoms with E-state index in [1.807, 2.05) is 23.7 Å². The Bertz CT molecular complexity index is 1370. The maximum absolute atomic E-state index is 11.9. The van der Waals surface area contributed by atoms with Crippen molar-refractivity contribution in [3.63, 3.8) is 0 Å². The van der Waals surface area contributed by atoms with E-state index in [0.717, 1.165) is 48.7 Å². The number of piperazine rings is 1. The van der Waals surface area contributed by atoms with Gasteiger partial charge in [-0.2, -0.15) is 10.4 Å². The number of aryl methyl sites for hydroxylation is 1. The monoisotopic (exact) mass is 468 g/mol. The van der Waals surface area contributed by atoms with Gasteiger partial charge in [-0.15, -0.1) is 0 Å². The quantitative estimate of drug-likeness (QED) is 0.573. The minimum atomic E-state index is -0.218. The number of fused-ring (bicyclic) bond motifs is 1. The number of pyridine rings is 1. The summed E-state index contributed by atoms with van der Waals surface area (Å²) in [4.78, 5) is 18.9. The average molecular weight is 469 g/mol. The fraction of sp³-hybridized carbons (Fsp3) is 0.407. The molecule has 6 rings (SSSR count). The Balaban J connectivity index is 1.24. The Kier molecular flexibility index (Phi) is 5.39. The molecule has 2 fully saturated rings. The number of nitriles is 1. The van der Waals surface area contributed by atoms with Crippen LogP contribution in [0.5, 0.6) is 0 Å². The molecule has 1 aromatic carbocycles. The topological polar surface area (TPSA) is 96.1 Å². The van der Waals surface area contributed by atoms with Crippen LogP contribution in [-0.4, -0.2) is 45.3 Å². The molecule has 3 aliphatic rings. The first-order chi connectivity index (χ1) is 17.0. The van der Waals surface area contributed by atoms with E-state index in [1.54, 1.807) is 6.20 Å². The van der Waals surface area contributed by atoms with Gasteiger partial charge in [0.05, 0.1) is 16.8 Å². The lowest BCUT2D eigenvalue weighted by molar-refractivity contribution is 0.0535. The van der Waals surface area contributed by atoms with Gasteiger partial charge in [-0.05, 0) is 55.5 Å². The standard InChI is InChI=1S/C27H28N6O2/c1-16-9-25(30-11-19(16)10-28)33-13-20(26(31-33)18-3-4-18)12-32-8-7-29-24(14-32)21-5-6-22-23(17(21)2)15-35-27(22)34/h5-6,9,11,13,18,24,29H,3-4,7-8,12,14-15H2,1-2H3/t24-/m0/s1. The summed E-state index contributed by atoms with van der Waals surface area (Å²) in [5.41, 5.74) is 8.04. The zero-order valence-electron chi connectivity index (χ0n) is 20.0. The highest BCUT2D eigenvalue weighted by Crippen LogP contribution is 2.41. The van der Waals surface area contributed by atoms with Crippen molar-refractivity contribution in [3.8, 4) is 11.9 Å². The molecule has 1 N–H and O–H groups in total. The van der Waals surface area contributed by atoms with Crippen molar-refractivity contribution < 1.29 is 9.53 Å². The zero-order valence-corrected chi connectivity index (χ0v) is 20.0. The molecule has 8 nitrogen and oxygen atoms in total. The maximum atomic E-state index is 11.9. The molecule has 0 unspecified atom stereocenters. The highest BCUT2D eigenvalue weighted by atomic mass is 16.5. The van der Waals surface area contributed by atoms with Crippen LogP contribution in [0.4, 0.5) is 0 Å². The molecule has 178 valence electrons. The van der Waals surface area contributed by atoms with Gasteiger partial charge in [0.1, 0.15) is 12.7 Å². The minimum absolute atomic E-state index is 0.201. The third kappa shape index (κ3) is 4.01. The molecule has 2 aromatic heterocycles. The van der Waals surface area contributed by atoms with Crippen LogP contribution in [0.1, 0.15) is 74.2 Å². The number of rotatable bonds is 5. The summed E-state index contributed by atoms with van der Waals surface area (Å²) in [5, 5.41) is 17.8. The Hall–Kier alpha value is -3.54. The number of cyclic esters (lactones) is 1. The van der Waals surface area contributed by atoms with Gasteiger partial charge in [0, 0.05) is 61.7 Å². The van der Waals surface area contributed by atoms with Crippen LogP contribution in [0, 0.1) is 25.2 Å². The molecule has 4 heterocycles. The Morgan fingerprint density at radius 1 is 1.29 bits per heavy atom. The van der Waals surface area contributed by atoms with Crippen LogP contribution < -0.4 is 5.32 Å². The molecule has 1 saturated heterocycles. The maximum Gasteiger partial charge on any atom is 0.338 e. The second-order valence-corrected chi connectivity index (χ2v) is 9.85. The number of nitrogens with one attached hydrogen (secondary N) is 1. The van der Waals surface area contributed by atoms with Crippen LogP contribution in [0.3, 0.4) is 0 Å². The Morgan fingerprint density at radius 3 is 2.91 bits per heavy atom. The van der Waals surface area contributed by atoms with E-state index in [2.05, 4.69) is 40.5 Å². The number of ether oxygens (including phenoxy) is 1. The summed E-state index contributed by atoms with van der Waals surface area (Å²) >= 11 is 0. The molecule has 35 heavy (non-hydrogen) atoms. The SMILES string of the molecule is Cc1cc(-n2cc(CN3CCN[C@H](c4ccc5c(c4C)COC5=O)C3)c(C3CC3)n2)ncc1C#N. The van der Waals surface area contributed by atoms with Crippen molar-refractivity contribution in [3.05, 3.63) is 75.2 Å². The van der Waals surface area contributed by atoms with E-state index in [1.165, 1.54) is 29.7 Å². The van der Waals surface area contributed by atoms with Crippen molar-refractivity contribution >= 4 is 5.97 Å². The number of esters is 1. The summed E-state index contributed by atoms with van der Waals surface area (Å²) in [6, 6.07) is 8.30. The molecular weight excluding hydrogens is 440 g/mol. The summed E-state index contributed by atoms with van der Waals surface area (Å²) in [6.45, 7) is 7.99.